The third kappa shape index (κ3) is 6.93. The number of benzene rings is 2. The maximum Gasteiger partial charge on any atom is 0.275 e. The van der Waals surface area contributed by atoms with Gasteiger partial charge in [-0.1, -0.05) is 73.5 Å². The fourth-order valence-electron chi connectivity index (χ4n) is 7.15. The lowest BCUT2D eigenvalue weighted by molar-refractivity contribution is -0.104. The van der Waals surface area contributed by atoms with Gasteiger partial charge in [0.05, 0.1) is 36.2 Å². The monoisotopic (exact) mass is 620 g/mol. The fraction of sp³-hybridized carbons (Fsp3) is 0.529. The molecular formula is C34H44N4O5S. The second-order valence-electron chi connectivity index (χ2n) is 12.7. The lowest BCUT2D eigenvalue weighted by Gasteiger charge is -2.41. The Bertz CT molecular complexity index is 1500. The molecule has 0 spiro atoms. The van der Waals surface area contributed by atoms with Crippen molar-refractivity contribution in [3.05, 3.63) is 78.2 Å². The van der Waals surface area contributed by atoms with Gasteiger partial charge in [-0.2, -0.15) is 0 Å². The Hall–Kier alpha value is -3.05. The molecule has 2 unspecified atom stereocenters. The van der Waals surface area contributed by atoms with Crippen molar-refractivity contribution < 1.29 is 23.1 Å². The van der Waals surface area contributed by atoms with Crippen LogP contribution in [0.5, 0.6) is 0 Å². The molecule has 0 radical (unpaired) electrons. The lowest BCUT2D eigenvalue weighted by Crippen LogP contribution is -2.54. The largest absolute Gasteiger partial charge is 0.385 e. The number of rotatable bonds is 9. The van der Waals surface area contributed by atoms with Gasteiger partial charge < -0.3 is 24.6 Å². The summed E-state index contributed by atoms with van der Waals surface area (Å²) in [5.74, 6) is 0.510. The van der Waals surface area contributed by atoms with Crippen molar-refractivity contribution in [2.75, 3.05) is 44.4 Å². The zero-order valence-corrected chi connectivity index (χ0v) is 26.1. The first-order valence-electron chi connectivity index (χ1n) is 16.0. The number of nitrogens with zero attached hydrogens (tertiary/aromatic N) is 3. The van der Waals surface area contributed by atoms with E-state index < -0.39 is 15.4 Å². The van der Waals surface area contributed by atoms with Crippen molar-refractivity contribution >= 4 is 15.7 Å². The second kappa shape index (κ2) is 13.5. The minimum Gasteiger partial charge on any atom is -0.385 e. The molecule has 0 bridgehead atoms. The van der Waals surface area contributed by atoms with Crippen molar-refractivity contribution in [3.8, 4) is 11.3 Å². The molecule has 3 aromatic rings. The number of piperazine rings is 1. The number of ether oxygens (including phenoxy) is 1. The van der Waals surface area contributed by atoms with Crippen LogP contribution in [0.4, 0.5) is 0 Å². The summed E-state index contributed by atoms with van der Waals surface area (Å²) in [5, 5.41) is 15.6. The Labute approximate surface area is 260 Å². The minimum absolute atomic E-state index is 0.00205. The van der Waals surface area contributed by atoms with E-state index in [1.54, 1.807) is 6.33 Å². The number of sulfone groups is 1. The number of carbonyl (C=O) groups is 1. The number of aromatic nitrogens is 2. The first-order chi connectivity index (χ1) is 21.3. The van der Waals surface area contributed by atoms with Crippen LogP contribution in [-0.4, -0.2) is 89.9 Å². The van der Waals surface area contributed by atoms with Crippen LogP contribution in [0.15, 0.2) is 67.0 Å². The molecule has 2 aromatic carbocycles. The van der Waals surface area contributed by atoms with Crippen LogP contribution in [-0.2, 0) is 21.0 Å². The van der Waals surface area contributed by atoms with Crippen molar-refractivity contribution in [1.82, 2.24) is 19.8 Å². The molecule has 236 valence electrons. The van der Waals surface area contributed by atoms with Gasteiger partial charge in [-0.3, -0.25) is 4.79 Å². The highest BCUT2D eigenvalue weighted by Crippen LogP contribution is 2.41. The average Bonchev–Trinajstić information content (AvgIpc) is 3.48. The number of nitrogens with one attached hydrogen (secondary N) is 1. The molecule has 1 amide bonds. The maximum absolute atomic E-state index is 14.3. The Kier molecular flexibility index (Phi) is 9.51. The average molecular weight is 621 g/mol. The number of amides is 1. The molecule has 2 N–H and O–H groups in total. The van der Waals surface area contributed by atoms with Gasteiger partial charge in [0.15, 0.2) is 5.69 Å². The normalized spacial score (nSPS) is 26.0. The van der Waals surface area contributed by atoms with Gasteiger partial charge in [0, 0.05) is 37.8 Å². The minimum atomic E-state index is -2.93. The van der Waals surface area contributed by atoms with Crippen LogP contribution >= 0.6 is 0 Å². The highest BCUT2D eigenvalue weighted by atomic mass is 32.2. The van der Waals surface area contributed by atoms with E-state index in [1.807, 2.05) is 58.0 Å². The maximum atomic E-state index is 14.3. The molecule has 1 aliphatic carbocycles. The van der Waals surface area contributed by atoms with Crippen molar-refractivity contribution in [1.29, 1.82) is 0 Å². The van der Waals surface area contributed by atoms with Crippen LogP contribution in [0.1, 0.15) is 60.6 Å². The molecule has 9 nitrogen and oxygen atoms in total. The van der Waals surface area contributed by atoms with E-state index in [0.29, 0.717) is 44.7 Å². The molecule has 44 heavy (non-hydrogen) atoms. The SMILES string of the molecule is O=C(c1ncn(C2CCCCC2(O)COCC2CCS(=O)(=O)CC2)c1-c1ccccc1)N1CCNC[C@H]1Cc1ccccc1. The van der Waals surface area contributed by atoms with E-state index >= 15 is 0 Å². The molecule has 3 heterocycles. The summed E-state index contributed by atoms with van der Waals surface area (Å²) < 4.78 is 31.9. The molecule has 2 saturated heterocycles. The van der Waals surface area contributed by atoms with Crippen LogP contribution in [0.3, 0.4) is 0 Å². The van der Waals surface area contributed by atoms with E-state index in [1.165, 1.54) is 5.56 Å². The molecule has 3 aliphatic rings. The molecule has 1 saturated carbocycles. The predicted molar refractivity (Wildman–Crippen MR) is 170 cm³/mol. The highest BCUT2D eigenvalue weighted by molar-refractivity contribution is 7.91. The summed E-state index contributed by atoms with van der Waals surface area (Å²) in [4.78, 5) is 21.1. The summed E-state index contributed by atoms with van der Waals surface area (Å²) in [6.07, 6.45) is 6.88. The number of hydrogen-bond donors (Lipinski definition) is 2. The van der Waals surface area contributed by atoms with Gasteiger partial charge in [-0.25, -0.2) is 13.4 Å². The first-order valence-corrected chi connectivity index (χ1v) is 17.8. The van der Waals surface area contributed by atoms with Gasteiger partial charge in [-0.05, 0) is 43.6 Å². The van der Waals surface area contributed by atoms with E-state index in [2.05, 4.69) is 17.4 Å². The number of aliphatic hydroxyl groups is 1. The molecule has 3 atom stereocenters. The third-order valence-electron chi connectivity index (χ3n) is 9.64. The smallest absolute Gasteiger partial charge is 0.275 e. The summed E-state index contributed by atoms with van der Waals surface area (Å²) in [5.41, 5.74) is 2.09. The van der Waals surface area contributed by atoms with Gasteiger partial charge in [-0.15, -0.1) is 0 Å². The third-order valence-corrected chi connectivity index (χ3v) is 11.4. The summed E-state index contributed by atoms with van der Waals surface area (Å²) >= 11 is 0. The van der Waals surface area contributed by atoms with Crippen LogP contribution in [0.25, 0.3) is 11.3 Å². The van der Waals surface area contributed by atoms with Crippen LogP contribution < -0.4 is 5.32 Å². The van der Waals surface area contributed by atoms with Crippen molar-refractivity contribution in [2.45, 2.75) is 62.6 Å². The molecule has 2 aliphatic heterocycles. The van der Waals surface area contributed by atoms with Crippen LogP contribution in [0, 0.1) is 5.92 Å². The summed E-state index contributed by atoms with van der Waals surface area (Å²) in [6.45, 7) is 2.64. The Morgan fingerprint density at radius 2 is 1.75 bits per heavy atom. The van der Waals surface area contributed by atoms with Crippen LogP contribution in [0.2, 0.25) is 0 Å². The molecule has 6 rings (SSSR count). The van der Waals surface area contributed by atoms with Gasteiger partial charge in [0.2, 0.25) is 0 Å². The lowest BCUT2D eigenvalue weighted by atomic mass is 9.80. The first kappa shape index (κ1) is 31.0. The Balaban J connectivity index is 1.26. The fourth-order valence-corrected chi connectivity index (χ4v) is 8.74. The molecule has 1 aromatic heterocycles. The van der Waals surface area contributed by atoms with E-state index in [-0.39, 0.29) is 42.0 Å². The molecular weight excluding hydrogens is 576 g/mol. The standard InChI is InChI=1S/C34H44N4O5S/c39-33(37-18-17-35-22-29(37)21-26-9-3-1-4-10-26)31-32(28-11-5-2-6-12-28)38(25-36-31)30-13-7-8-16-34(30,40)24-43-23-27-14-19-44(41,42)20-15-27/h1-6,9-12,25,27,29-30,35,40H,7-8,13-24H2/t29-,30?,34?/m1/s1. The van der Waals surface area contributed by atoms with Crippen molar-refractivity contribution in [3.63, 3.8) is 0 Å². The van der Waals surface area contributed by atoms with Gasteiger partial charge >= 0.3 is 0 Å². The number of carbonyl (C=O) groups excluding carboxylic acids is 1. The Morgan fingerprint density at radius 1 is 1.02 bits per heavy atom. The summed E-state index contributed by atoms with van der Waals surface area (Å²) in [6, 6.07) is 19.8. The summed E-state index contributed by atoms with van der Waals surface area (Å²) in [7, 11) is -2.93. The quantitative estimate of drug-likeness (QED) is 0.373. The van der Waals surface area contributed by atoms with Gasteiger partial charge in [0.1, 0.15) is 15.4 Å². The number of imidazole rings is 1. The zero-order valence-electron chi connectivity index (χ0n) is 25.3. The predicted octanol–water partition coefficient (Wildman–Crippen LogP) is 3.89. The zero-order chi connectivity index (χ0) is 30.6. The molecule has 3 fully saturated rings. The van der Waals surface area contributed by atoms with E-state index in [9.17, 15) is 18.3 Å². The van der Waals surface area contributed by atoms with Crippen molar-refractivity contribution in [2.24, 2.45) is 5.92 Å². The number of hydrogen-bond acceptors (Lipinski definition) is 7. The Morgan fingerprint density at radius 3 is 2.50 bits per heavy atom. The van der Waals surface area contributed by atoms with E-state index in [0.717, 1.165) is 43.5 Å². The van der Waals surface area contributed by atoms with Gasteiger partial charge in [0.25, 0.3) is 5.91 Å². The highest BCUT2D eigenvalue weighted by Gasteiger charge is 2.43. The van der Waals surface area contributed by atoms with E-state index in [4.69, 9.17) is 9.72 Å². The topological polar surface area (TPSA) is 114 Å². The second-order valence-corrected chi connectivity index (χ2v) is 15.0. The molecule has 10 heteroatoms.